The topological polar surface area (TPSA) is 0 Å². The summed E-state index contributed by atoms with van der Waals surface area (Å²) in [6.45, 7) is 68.5. The lowest BCUT2D eigenvalue weighted by atomic mass is 9.74. The first-order valence-corrected chi connectivity index (χ1v) is 33.7. The predicted octanol–water partition coefficient (Wildman–Crippen LogP) is 27.2. The second-order valence-corrected chi connectivity index (χ2v) is 36.2. The maximum Gasteiger partial charge on any atom is -0.0126 e. The van der Waals surface area contributed by atoms with Crippen LogP contribution in [0.4, 0.5) is 0 Å². The van der Waals surface area contributed by atoms with Gasteiger partial charge < -0.3 is 0 Å². The number of hydrogen-bond acceptors (Lipinski definition) is 0. The van der Waals surface area contributed by atoms with Crippen molar-refractivity contribution in [3.8, 4) is 0 Å². The van der Waals surface area contributed by atoms with Crippen LogP contribution in [0, 0.1) is 0 Å². The molecule has 10 aromatic rings. The van der Waals surface area contributed by atoms with Gasteiger partial charge in [-0.15, -0.1) is 0 Å². The van der Waals surface area contributed by atoms with Gasteiger partial charge in [0.2, 0.25) is 0 Å². The molecule has 0 fully saturated rings. The van der Waals surface area contributed by atoms with Crippen LogP contribution in [0.25, 0.3) is 53.9 Å². The van der Waals surface area contributed by atoms with Crippen molar-refractivity contribution < 1.29 is 0 Å². The van der Waals surface area contributed by atoms with Crippen LogP contribution in [-0.2, 0) is 54.1 Å². The summed E-state index contributed by atoms with van der Waals surface area (Å²) < 4.78 is 0. The van der Waals surface area contributed by atoms with Crippen LogP contribution in [0.3, 0.4) is 0 Å². The minimum absolute atomic E-state index is 0.181. The van der Waals surface area contributed by atoms with Crippen molar-refractivity contribution in [3.63, 3.8) is 0 Å². The second kappa shape index (κ2) is 26.6. The summed E-state index contributed by atoms with van der Waals surface area (Å²) in [5.41, 5.74) is 16.3. The summed E-state index contributed by atoms with van der Waals surface area (Å²) in [5.74, 6) is 0. The van der Waals surface area contributed by atoms with Crippen LogP contribution in [0.2, 0.25) is 0 Å². The van der Waals surface area contributed by atoms with Gasteiger partial charge in [0.1, 0.15) is 0 Å². The van der Waals surface area contributed by atoms with Crippen molar-refractivity contribution in [1.82, 2.24) is 0 Å². The first-order valence-electron chi connectivity index (χ1n) is 33.7. The highest BCUT2D eigenvalue weighted by Crippen LogP contribution is 2.41. The molecular weight excluding hydrogens is 1080 g/mol. The molecule has 0 saturated carbocycles. The summed E-state index contributed by atoms with van der Waals surface area (Å²) in [6, 6.07) is 67.3. The molecule has 10 rings (SSSR count). The van der Waals surface area contributed by atoms with Crippen LogP contribution in [-0.4, -0.2) is 0 Å². The Balaban J connectivity index is 0.000000179. The van der Waals surface area contributed by atoms with Gasteiger partial charge in [-0.3, -0.25) is 0 Å². The van der Waals surface area contributed by atoms with E-state index in [1.165, 1.54) is 109 Å². The summed E-state index contributed by atoms with van der Waals surface area (Å²) in [7, 11) is 0. The number of hydrogen-bond donors (Lipinski definition) is 0. The molecule has 0 atom stereocenters. The van der Waals surface area contributed by atoms with E-state index in [0.717, 1.165) is 0 Å². The zero-order valence-electron chi connectivity index (χ0n) is 62.3. The fourth-order valence-electron chi connectivity index (χ4n) is 12.2. The molecule has 0 saturated heterocycles. The van der Waals surface area contributed by atoms with E-state index in [-0.39, 0.29) is 54.1 Å². The van der Waals surface area contributed by atoms with E-state index in [1.807, 2.05) is 0 Å². The van der Waals surface area contributed by atoms with Crippen molar-refractivity contribution in [2.24, 2.45) is 0 Å². The summed E-state index contributed by atoms with van der Waals surface area (Å²) >= 11 is 0. The normalized spacial score (nSPS) is 13.0. The van der Waals surface area contributed by atoms with Crippen LogP contribution >= 0.6 is 0 Å². The van der Waals surface area contributed by atoms with E-state index in [9.17, 15) is 0 Å². The fraction of sp³-hybridized carbons (Fsp3) is 0.444. The molecule has 0 unspecified atom stereocenters. The Hall–Kier alpha value is -6.50. The van der Waals surface area contributed by atoms with E-state index in [4.69, 9.17) is 0 Å². The standard InChI is InChI=1S/5C18H24/c1-17(2,3)15-11-7-10-14-13(15)9-8-12-16(14)18(4,5)6;1-17(2,3)15-9-7-14-12-16(18(4,5)6)10-8-13(14)11-15;1-17(2,3)14-11-13-9-7-8-10-15(13)16(12-14)18(4,5)6;1-17(2,3)15-11-13-9-7-8-10-14(13)12-16(15)18(4,5)6;1-17(2,3)15-11-12-16(18(4,5)6)14-10-8-7-9-13(14)15/h5*7-12H,1-6H3. The van der Waals surface area contributed by atoms with Crippen molar-refractivity contribution in [3.05, 3.63) is 238 Å². The zero-order valence-corrected chi connectivity index (χ0v) is 62.3. The van der Waals surface area contributed by atoms with Gasteiger partial charge in [-0.2, -0.15) is 0 Å². The third kappa shape index (κ3) is 18.4. The molecule has 0 nitrogen and oxygen atoms in total. The minimum Gasteiger partial charge on any atom is -0.0616 e. The van der Waals surface area contributed by atoms with Crippen LogP contribution in [0.15, 0.2) is 182 Å². The van der Waals surface area contributed by atoms with E-state index in [0.29, 0.717) is 0 Å². The molecule has 0 aromatic heterocycles. The molecular formula is C90H120. The lowest BCUT2D eigenvalue weighted by Crippen LogP contribution is -2.21. The molecule has 0 aliphatic carbocycles. The van der Waals surface area contributed by atoms with Gasteiger partial charge in [0, 0.05) is 0 Å². The van der Waals surface area contributed by atoms with Gasteiger partial charge in [0.05, 0.1) is 0 Å². The first kappa shape index (κ1) is 72.6. The lowest BCUT2D eigenvalue weighted by molar-refractivity contribution is 0.531. The Labute approximate surface area is 550 Å². The second-order valence-electron chi connectivity index (χ2n) is 36.2. The van der Waals surface area contributed by atoms with Gasteiger partial charge in [0.25, 0.3) is 0 Å². The number of fused-ring (bicyclic) bond motifs is 5. The molecule has 90 heavy (non-hydrogen) atoms. The lowest BCUT2D eigenvalue weighted by Gasteiger charge is -2.30. The molecule has 0 aliphatic heterocycles. The molecule has 0 N–H and O–H groups in total. The molecule has 0 radical (unpaired) electrons. The average molecular weight is 1200 g/mol. The quantitative estimate of drug-likeness (QED) is 0.142. The molecule has 10 aromatic carbocycles. The Kier molecular flexibility index (Phi) is 21.5. The van der Waals surface area contributed by atoms with E-state index in [2.05, 4.69) is 390 Å². The molecule has 0 heterocycles. The Bertz CT molecular complexity index is 3790. The third-order valence-corrected chi connectivity index (χ3v) is 17.7. The molecule has 0 aliphatic rings. The Morgan fingerprint density at radius 1 is 0.144 bits per heavy atom. The monoisotopic (exact) mass is 1200 g/mol. The molecule has 0 amide bonds. The average Bonchev–Trinajstić information content (AvgIpc) is 0.827. The van der Waals surface area contributed by atoms with Crippen molar-refractivity contribution in [1.29, 1.82) is 0 Å². The Morgan fingerprint density at radius 3 is 0.689 bits per heavy atom. The molecule has 0 bridgehead atoms. The van der Waals surface area contributed by atoms with E-state index in [1.54, 1.807) is 0 Å². The summed E-state index contributed by atoms with van der Waals surface area (Å²) in [6.07, 6.45) is 0. The van der Waals surface area contributed by atoms with E-state index >= 15 is 0 Å². The molecule has 480 valence electrons. The van der Waals surface area contributed by atoms with Gasteiger partial charge >= 0.3 is 0 Å². The summed E-state index contributed by atoms with van der Waals surface area (Å²) in [5, 5.41) is 13.7. The predicted molar refractivity (Wildman–Crippen MR) is 407 cm³/mol. The van der Waals surface area contributed by atoms with E-state index < -0.39 is 0 Å². The van der Waals surface area contributed by atoms with Crippen molar-refractivity contribution in [2.45, 2.75) is 262 Å². The number of rotatable bonds is 0. The Morgan fingerprint density at radius 2 is 0.389 bits per heavy atom. The van der Waals surface area contributed by atoms with Gasteiger partial charge in [-0.25, -0.2) is 0 Å². The maximum atomic E-state index is 2.39. The SMILES string of the molecule is CC(C)(C)c1cc(C(C)(C)C)c2ccccc2c1.CC(C)(C)c1cc2ccccc2cc1C(C)(C)C.CC(C)(C)c1ccc(C(C)(C)C)c2ccccc12.CC(C)(C)c1ccc2cc(C(C)(C)C)ccc2c1.CC(C)(C)c1cccc2c(C(C)(C)C)cccc12. The summed E-state index contributed by atoms with van der Waals surface area (Å²) in [4.78, 5) is 0. The van der Waals surface area contributed by atoms with Crippen LogP contribution in [0.1, 0.15) is 263 Å². The third-order valence-electron chi connectivity index (χ3n) is 17.7. The highest BCUT2D eigenvalue weighted by Gasteiger charge is 2.28. The molecule has 0 spiro atoms. The van der Waals surface area contributed by atoms with Gasteiger partial charge in [-0.05, 0) is 164 Å². The van der Waals surface area contributed by atoms with Gasteiger partial charge in [0.15, 0.2) is 0 Å². The largest absolute Gasteiger partial charge is 0.0616 e. The van der Waals surface area contributed by atoms with Crippen LogP contribution < -0.4 is 0 Å². The molecule has 0 heteroatoms. The fourth-order valence-corrected chi connectivity index (χ4v) is 12.2. The highest BCUT2D eigenvalue weighted by molar-refractivity contribution is 5.92. The van der Waals surface area contributed by atoms with Crippen molar-refractivity contribution in [2.75, 3.05) is 0 Å². The first-order chi connectivity index (χ1) is 41.0. The smallest absolute Gasteiger partial charge is 0.0126 e. The highest BCUT2D eigenvalue weighted by atomic mass is 14.3. The van der Waals surface area contributed by atoms with Crippen molar-refractivity contribution >= 4 is 53.9 Å². The number of benzene rings is 10. The minimum atomic E-state index is 0.181. The maximum absolute atomic E-state index is 2.39. The zero-order chi connectivity index (χ0) is 67.8. The van der Waals surface area contributed by atoms with Crippen LogP contribution in [0.5, 0.6) is 0 Å². The van der Waals surface area contributed by atoms with Gasteiger partial charge in [-0.1, -0.05) is 390 Å².